The van der Waals surface area contributed by atoms with Crippen molar-refractivity contribution in [1.82, 2.24) is 51.9 Å². The van der Waals surface area contributed by atoms with Gasteiger partial charge in [-0.15, -0.1) is 0 Å². The second kappa shape index (κ2) is 54.8. The van der Waals surface area contributed by atoms with Crippen molar-refractivity contribution < 1.29 is 117 Å². The van der Waals surface area contributed by atoms with E-state index in [0.29, 0.717) is 46.4 Å². The van der Waals surface area contributed by atoms with Crippen molar-refractivity contribution in [3.05, 3.63) is 69.8 Å². The summed E-state index contributed by atoms with van der Waals surface area (Å²) in [5.41, 5.74) is -0.987. The molecule has 8 rings (SSSR count). The Morgan fingerprint density at radius 2 is 0.769 bits per heavy atom. The first kappa shape index (κ1) is 112. The number of halogens is 8. The largest absolute Gasteiger partial charge is 0.480 e. The lowest BCUT2D eigenvalue weighted by atomic mass is 10.0. The highest BCUT2D eigenvalue weighted by atomic mass is 32.2. The quantitative estimate of drug-likeness (QED) is 0.0170. The number of thioether (sulfide) groups is 1. The summed E-state index contributed by atoms with van der Waals surface area (Å²) in [4.78, 5) is 160. The third kappa shape index (κ3) is 35.3. The number of hydrogen-bond acceptors (Lipinski definition) is 16. The monoisotopic (exact) mass is 1910 g/mol. The van der Waals surface area contributed by atoms with Crippen molar-refractivity contribution in [3.8, 4) is 0 Å². The molecule has 0 bridgehead atoms. The SMILES string of the molecule is C.C=S(C1CCCCC1)[C@@H]1CC(C(=O)N[C@@H](CC(F)F)C(=O)NCCc2c(F)cc(C(=O)O)cc2F)N(C(=O)[C@@H](NC(=O)OCC(C)C)C(C)C)C1.C=S(C1CCCCC1)[C@@H]1CC(C(=O)N[C@@H](CC(F)F)C(=O)NCCc2c(F)cc(C)cc2F)N(C(=O)[C@@H](NC(=O)OCC(C)C)C(C)C)C1.CC(C)COC(=O)N[C@H](C(=O)N1C[C@H](SC2CCCCC2)CC1C(=O)O)C(C)C. The van der Waals surface area contributed by atoms with Crippen molar-refractivity contribution in [1.29, 1.82) is 0 Å². The van der Waals surface area contributed by atoms with E-state index in [1.165, 1.54) is 53.7 Å². The molecule has 3 saturated carbocycles. The van der Waals surface area contributed by atoms with Crippen molar-refractivity contribution in [2.75, 3.05) is 52.5 Å². The lowest BCUT2D eigenvalue weighted by Gasteiger charge is -2.31. The van der Waals surface area contributed by atoms with Gasteiger partial charge in [0.15, 0.2) is 0 Å². The normalized spacial score (nSPS) is 20.8. The molecule has 3 heterocycles. The number of amides is 10. The van der Waals surface area contributed by atoms with Gasteiger partial charge in [0.25, 0.3) is 0 Å². The van der Waals surface area contributed by atoms with Gasteiger partial charge in [0, 0.05) is 77.7 Å². The Morgan fingerprint density at radius 1 is 0.446 bits per heavy atom. The zero-order chi connectivity index (χ0) is 96.0. The molecule has 5 unspecified atom stereocenters. The maximum atomic E-state index is 14.4. The zero-order valence-corrected chi connectivity index (χ0v) is 79.2. The van der Waals surface area contributed by atoms with Gasteiger partial charge >= 0.3 is 30.2 Å². The Labute approximate surface area is 770 Å². The first-order chi connectivity index (χ1) is 60.8. The molecule has 0 spiro atoms. The van der Waals surface area contributed by atoms with Crippen LogP contribution in [0.15, 0.2) is 24.3 Å². The number of aryl methyl sites for hydroxylation is 1. The van der Waals surface area contributed by atoms with Gasteiger partial charge in [-0.05, 0) is 153 Å². The summed E-state index contributed by atoms with van der Waals surface area (Å²) in [5, 5.41) is 37.1. The summed E-state index contributed by atoms with van der Waals surface area (Å²) >= 11 is 1.85. The predicted octanol–water partition coefficient (Wildman–Crippen LogP) is 14.5. The van der Waals surface area contributed by atoms with E-state index in [4.69, 9.17) is 19.3 Å². The van der Waals surface area contributed by atoms with E-state index in [1.54, 1.807) is 27.7 Å². The minimum Gasteiger partial charge on any atom is -0.480 e. The molecule has 6 fully saturated rings. The summed E-state index contributed by atoms with van der Waals surface area (Å²) in [6.45, 7) is 24.1. The summed E-state index contributed by atoms with van der Waals surface area (Å²) < 4.78 is 128. The molecule has 3 aliphatic heterocycles. The number of nitrogens with one attached hydrogen (secondary N) is 7. The molecule has 2 aromatic rings. The van der Waals surface area contributed by atoms with Crippen LogP contribution < -0.4 is 37.2 Å². The number of aromatic carboxylic acids is 1. The second-order valence-electron chi connectivity index (χ2n) is 36.7. The molecule has 130 heavy (non-hydrogen) atoms. The predicted molar refractivity (Wildman–Crippen MR) is 491 cm³/mol. The lowest BCUT2D eigenvalue weighted by molar-refractivity contribution is -0.149. The van der Waals surface area contributed by atoms with Crippen LogP contribution in [0, 0.1) is 65.7 Å². The molecule has 0 radical (unpaired) electrons. The Kier molecular flexibility index (Phi) is 47.3. The van der Waals surface area contributed by atoms with E-state index in [2.05, 4.69) is 49.0 Å². The summed E-state index contributed by atoms with van der Waals surface area (Å²) in [6.07, 6.45) is 6.50. The molecular formula is C92H142F8N10O17S3. The van der Waals surface area contributed by atoms with Crippen LogP contribution in [0.4, 0.5) is 49.5 Å². The first-order valence-corrected chi connectivity index (χ1v) is 49.3. The van der Waals surface area contributed by atoms with Crippen LogP contribution in [0.3, 0.4) is 0 Å². The molecule has 13 atom stereocenters. The fourth-order valence-electron chi connectivity index (χ4n) is 16.6. The number of alkyl carbamates (subject to hydrolysis) is 3. The van der Waals surface area contributed by atoms with Crippen LogP contribution in [-0.2, 0) is 65.4 Å². The Morgan fingerprint density at radius 3 is 1.08 bits per heavy atom. The van der Waals surface area contributed by atoms with Gasteiger partial charge in [0.2, 0.25) is 54.2 Å². The number of hydrogen-bond donors (Lipinski definition) is 9. The maximum Gasteiger partial charge on any atom is 0.407 e. The number of carbonyl (C=O) groups is 12. The summed E-state index contributed by atoms with van der Waals surface area (Å²) in [6, 6.07) is -5.83. The zero-order valence-electron chi connectivity index (χ0n) is 76.7. The number of benzene rings is 2. The van der Waals surface area contributed by atoms with E-state index in [1.807, 2.05) is 67.2 Å². The molecule has 2 aromatic carbocycles. The molecule has 3 saturated heterocycles. The average molecular weight is 1910 g/mol. The third-order valence-electron chi connectivity index (χ3n) is 23.7. The fraction of sp³-hybridized carbons (Fsp3) is 0.717. The van der Waals surface area contributed by atoms with Crippen molar-refractivity contribution >= 4 is 116 Å². The number of rotatable bonds is 39. The molecule has 9 N–H and O–H groups in total. The molecule has 3 aliphatic carbocycles. The summed E-state index contributed by atoms with van der Waals surface area (Å²) in [5.74, 6) is -3.13. The highest BCUT2D eigenvalue weighted by Gasteiger charge is 2.49. The number of ether oxygens (including phenoxy) is 3. The summed E-state index contributed by atoms with van der Waals surface area (Å²) in [7, 11) is -0.844. The number of carboxylic acid groups (broad SMARTS) is 2. The number of aliphatic carboxylic acids is 1. The number of alkyl halides is 4. The Balaban J connectivity index is 0.000000357. The van der Waals surface area contributed by atoms with E-state index in [9.17, 15) is 97.8 Å². The second-order valence-corrected chi connectivity index (χ2v) is 42.9. The molecular weight excluding hydrogens is 1770 g/mol. The van der Waals surface area contributed by atoms with E-state index < -0.39 is 214 Å². The highest BCUT2D eigenvalue weighted by molar-refractivity contribution is 8.15. The average Bonchev–Trinajstić information content (AvgIpc) is 1.64. The smallest absolute Gasteiger partial charge is 0.407 e. The van der Waals surface area contributed by atoms with Crippen molar-refractivity contribution in [2.24, 2.45) is 35.5 Å². The van der Waals surface area contributed by atoms with Crippen LogP contribution in [-0.4, -0.2) is 253 Å². The van der Waals surface area contributed by atoms with Gasteiger partial charge in [-0.25, -0.2) is 59.1 Å². The van der Waals surface area contributed by atoms with Gasteiger partial charge in [0.05, 0.1) is 25.4 Å². The van der Waals surface area contributed by atoms with Crippen LogP contribution >= 0.6 is 32.7 Å². The maximum absolute atomic E-state index is 14.4. The van der Waals surface area contributed by atoms with Gasteiger partial charge < -0.3 is 76.3 Å². The molecule has 736 valence electrons. The molecule has 0 aromatic heterocycles. The number of carboxylic acids is 2. The fourth-order valence-corrected chi connectivity index (χ4v) is 22.8. The van der Waals surface area contributed by atoms with Gasteiger partial charge in [-0.3, -0.25) is 33.6 Å². The minimum atomic E-state index is -3.02. The first-order valence-electron chi connectivity index (χ1n) is 45.3. The van der Waals surface area contributed by atoms with Crippen LogP contribution in [0.2, 0.25) is 0 Å². The van der Waals surface area contributed by atoms with Gasteiger partial charge in [0.1, 0.15) is 71.6 Å². The Bertz CT molecular complexity index is 4090. The molecule has 38 heteroatoms. The van der Waals surface area contributed by atoms with Crippen molar-refractivity contribution in [2.45, 2.75) is 331 Å². The minimum absolute atomic E-state index is 0. The van der Waals surface area contributed by atoms with E-state index >= 15 is 0 Å². The standard InChI is InChI=1S/C35H50F4N4O7S.C35H52F4N4O5S.C21H36N2O5S.CH4/c1-19(2)18-50-35(49)42-30(20(3)4)33(46)43-17-23(51(5)22-9-7-6-8-10-22)15-28(43)32(45)41-27(16-29(38)39)31(44)40-12-11-24-25(36)13-21(34(47)48)14-26(24)37;1-20(2)19-48-35(47)42-31(21(3)4)34(46)43-18-24(49(6)23-10-8-7-9-11-23)16-29(43)33(45)41-28(17-30(38)39)32(44)40-13-12-25-26(36)14-22(5)15-27(25)37;1-13(2)12-28-21(27)22-18(14(3)4)19(24)23-11-16(10-17(23)20(25)26)29-15-8-6-5-7-9-15;/h13-14,19-20,22-23,27-30H,5-12,15-18H2,1-4H3,(H,40,44)(H,41,45)(H,42,49)(H,47,48);14-15,20-21,23-24,28-31H,6-13,16-19H2,1-5H3,(H,40,44)(H,41,45)(H,42,47);13-18H,5-12H2,1-4H3,(H,22,27)(H,25,26);1H4/t23-,27+,28?,30+,51?;24-,28+,29?,31+,49?;16-,17?,18+;/m111./s1. The van der Waals surface area contributed by atoms with Crippen molar-refractivity contribution in [3.63, 3.8) is 0 Å². The van der Waals surface area contributed by atoms with Crippen LogP contribution in [0.5, 0.6) is 0 Å². The molecule has 27 nitrogen and oxygen atoms in total. The van der Waals surface area contributed by atoms with E-state index in [0.717, 1.165) is 76.3 Å². The highest BCUT2D eigenvalue weighted by Crippen LogP contribution is 2.44. The van der Waals surface area contributed by atoms with Gasteiger partial charge in [-0.1, -0.05) is 160 Å². The number of likely N-dealkylation sites (tertiary alicyclic amines) is 3. The van der Waals surface area contributed by atoms with E-state index in [-0.39, 0.29) is 123 Å². The van der Waals surface area contributed by atoms with Gasteiger partial charge in [-0.2, -0.15) is 32.7 Å². The van der Waals surface area contributed by atoms with Crippen LogP contribution in [0.1, 0.15) is 246 Å². The topological polar surface area (TPSA) is 367 Å². The molecule has 10 amide bonds. The number of nitrogens with zero attached hydrogens (tertiary/aromatic N) is 3. The Hall–Kier alpha value is -8.29. The number of carbonyl (C=O) groups excluding carboxylic acids is 10. The molecule has 6 aliphatic rings. The van der Waals surface area contributed by atoms with Crippen LogP contribution in [0.25, 0.3) is 0 Å². The lowest BCUT2D eigenvalue weighted by Crippen LogP contribution is -2.57. The third-order valence-corrected chi connectivity index (χ3v) is 30.3.